The Bertz CT molecular complexity index is 364. The van der Waals surface area contributed by atoms with Gasteiger partial charge in [-0.25, -0.2) is 0 Å². The van der Waals surface area contributed by atoms with Crippen molar-refractivity contribution in [3.05, 3.63) is 39.5 Å². The molecule has 1 aromatic carbocycles. The first-order valence-corrected chi connectivity index (χ1v) is 5.40. The van der Waals surface area contributed by atoms with Crippen molar-refractivity contribution in [2.75, 3.05) is 6.61 Å². The minimum atomic E-state index is 0.611. The lowest BCUT2D eigenvalue weighted by Gasteiger charge is -2.05. The van der Waals surface area contributed by atoms with Crippen molar-refractivity contribution in [3.63, 3.8) is 0 Å². The van der Waals surface area contributed by atoms with Crippen LogP contribution in [0.15, 0.2) is 23.9 Å². The Kier molecular flexibility index (Phi) is 4.95. The Labute approximate surface area is 99.8 Å². The normalized spacial score (nSPS) is 11.6. The second-order valence-electron chi connectivity index (χ2n) is 3.03. The van der Waals surface area contributed by atoms with Gasteiger partial charge in [0.25, 0.3) is 0 Å². The minimum absolute atomic E-state index is 0.611. The average molecular weight is 246 g/mol. The molecule has 0 spiro atoms. The van der Waals surface area contributed by atoms with E-state index < -0.39 is 0 Å². The zero-order valence-electron chi connectivity index (χ0n) is 8.68. The summed E-state index contributed by atoms with van der Waals surface area (Å²) in [7, 11) is 0. The second-order valence-corrected chi connectivity index (χ2v) is 3.87. The summed E-state index contributed by atoms with van der Waals surface area (Å²) >= 11 is 11.8. The maximum atomic E-state index is 6.01. The molecule has 0 bridgehead atoms. The first-order valence-electron chi connectivity index (χ1n) is 4.64. The number of halogens is 2. The molecule has 1 rings (SSSR count). The largest absolute Gasteiger partial charge is 0.277 e. The summed E-state index contributed by atoms with van der Waals surface area (Å²) in [5, 5.41) is 1.26. The number of nitrogens with one attached hydrogen (secondary N) is 1. The van der Waals surface area contributed by atoms with Crippen LogP contribution in [0.3, 0.4) is 0 Å². The van der Waals surface area contributed by atoms with Gasteiger partial charge in [0.15, 0.2) is 0 Å². The van der Waals surface area contributed by atoms with Crippen LogP contribution in [-0.4, -0.2) is 6.61 Å². The third-order valence-electron chi connectivity index (χ3n) is 1.71. The van der Waals surface area contributed by atoms with Crippen LogP contribution in [0.5, 0.6) is 0 Å². The molecule has 1 aromatic rings. The highest BCUT2D eigenvalue weighted by molar-refractivity contribution is 6.35. The molecule has 0 heterocycles. The quantitative estimate of drug-likeness (QED) is 0.813. The molecule has 0 aliphatic rings. The van der Waals surface area contributed by atoms with Crippen molar-refractivity contribution in [2.24, 2.45) is 0 Å². The summed E-state index contributed by atoms with van der Waals surface area (Å²) in [6, 6.07) is 5.37. The first kappa shape index (κ1) is 12.4. The fraction of sp³-hybridized carbons (Fsp3) is 0.273. The van der Waals surface area contributed by atoms with Crippen LogP contribution in [0.25, 0.3) is 6.08 Å². The van der Waals surface area contributed by atoms with Gasteiger partial charge in [-0.2, -0.15) is 0 Å². The second kappa shape index (κ2) is 6.01. The molecule has 0 aliphatic carbocycles. The molecule has 0 saturated carbocycles. The standard InChI is InChI=1S/C11H13Cl2NO/c1-3-15-14-8(2)6-9-4-5-10(12)7-11(9)13/h4-7,14H,3H2,1-2H3. The molecule has 2 nitrogen and oxygen atoms in total. The van der Waals surface area contributed by atoms with E-state index in [2.05, 4.69) is 5.48 Å². The van der Waals surface area contributed by atoms with E-state index in [-0.39, 0.29) is 0 Å². The lowest BCUT2D eigenvalue weighted by atomic mass is 10.2. The molecule has 15 heavy (non-hydrogen) atoms. The fourth-order valence-electron chi connectivity index (χ4n) is 1.07. The predicted octanol–water partition coefficient (Wildman–Crippen LogP) is 3.90. The number of rotatable bonds is 4. The van der Waals surface area contributed by atoms with Crippen molar-refractivity contribution in [2.45, 2.75) is 13.8 Å². The van der Waals surface area contributed by atoms with Gasteiger partial charge in [0.05, 0.1) is 6.61 Å². The van der Waals surface area contributed by atoms with Crippen molar-refractivity contribution in [3.8, 4) is 0 Å². The van der Waals surface area contributed by atoms with Gasteiger partial charge in [0.2, 0.25) is 0 Å². The molecule has 1 N–H and O–H groups in total. The Balaban J connectivity index is 2.78. The van der Waals surface area contributed by atoms with Crippen molar-refractivity contribution < 1.29 is 4.84 Å². The number of hydroxylamine groups is 1. The zero-order chi connectivity index (χ0) is 11.3. The van der Waals surface area contributed by atoms with E-state index in [1.165, 1.54) is 0 Å². The van der Waals surface area contributed by atoms with Gasteiger partial charge in [0.1, 0.15) is 0 Å². The van der Waals surface area contributed by atoms with Gasteiger partial charge in [0, 0.05) is 15.7 Å². The summed E-state index contributed by atoms with van der Waals surface area (Å²) in [5.41, 5.74) is 4.59. The van der Waals surface area contributed by atoms with Crippen LogP contribution in [0, 0.1) is 0 Å². The molecule has 0 fully saturated rings. The van der Waals surface area contributed by atoms with Crippen LogP contribution < -0.4 is 5.48 Å². The smallest absolute Gasteiger partial charge is 0.0717 e. The summed E-state index contributed by atoms with van der Waals surface area (Å²) in [6.07, 6.45) is 1.90. The van der Waals surface area contributed by atoms with Gasteiger partial charge in [-0.1, -0.05) is 29.3 Å². The summed E-state index contributed by atoms with van der Waals surface area (Å²) in [6.45, 7) is 4.43. The van der Waals surface area contributed by atoms with Crippen LogP contribution in [0.4, 0.5) is 0 Å². The summed E-state index contributed by atoms with van der Waals surface area (Å²) in [5.74, 6) is 0. The third kappa shape index (κ3) is 4.12. The molecule has 4 heteroatoms. The Morgan fingerprint density at radius 2 is 2.20 bits per heavy atom. The van der Waals surface area contributed by atoms with E-state index >= 15 is 0 Å². The van der Waals surface area contributed by atoms with Gasteiger partial charge in [-0.05, 0) is 37.6 Å². The Morgan fingerprint density at radius 3 is 2.80 bits per heavy atom. The molecular formula is C11H13Cl2NO. The van der Waals surface area contributed by atoms with Crippen LogP contribution >= 0.6 is 23.2 Å². The average Bonchev–Trinajstić information content (AvgIpc) is 2.19. The first-order chi connectivity index (χ1) is 7.13. The third-order valence-corrected chi connectivity index (χ3v) is 2.27. The van der Waals surface area contributed by atoms with Crippen molar-refractivity contribution >= 4 is 29.3 Å². The highest BCUT2D eigenvalue weighted by atomic mass is 35.5. The molecule has 0 amide bonds. The monoisotopic (exact) mass is 245 g/mol. The maximum absolute atomic E-state index is 6.01. The Hall–Kier alpha value is -0.700. The zero-order valence-corrected chi connectivity index (χ0v) is 10.2. The van der Waals surface area contributed by atoms with E-state index in [0.29, 0.717) is 16.7 Å². The lowest BCUT2D eigenvalue weighted by molar-refractivity contribution is 0.0745. The fourth-order valence-corrected chi connectivity index (χ4v) is 1.53. The van der Waals surface area contributed by atoms with Crippen LogP contribution in [0.2, 0.25) is 10.0 Å². The molecule has 0 saturated heterocycles. The predicted molar refractivity (Wildman–Crippen MR) is 64.9 cm³/mol. The molecule has 0 aromatic heterocycles. The van der Waals surface area contributed by atoms with E-state index in [0.717, 1.165) is 11.3 Å². The number of hydrogen-bond acceptors (Lipinski definition) is 2. The van der Waals surface area contributed by atoms with Gasteiger partial charge in [-0.3, -0.25) is 10.3 Å². The van der Waals surface area contributed by atoms with Crippen molar-refractivity contribution in [1.29, 1.82) is 0 Å². The highest BCUT2D eigenvalue weighted by Crippen LogP contribution is 2.22. The van der Waals surface area contributed by atoms with Crippen LogP contribution in [0.1, 0.15) is 19.4 Å². The van der Waals surface area contributed by atoms with E-state index in [4.69, 9.17) is 28.0 Å². The Morgan fingerprint density at radius 1 is 1.47 bits per heavy atom. The molecular weight excluding hydrogens is 233 g/mol. The molecule has 0 atom stereocenters. The number of benzene rings is 1. The SMILES string of the molecule is CCONC(C)=Cc1ccc(Cl)cc1Cl. The van der Waals surface area contributed by atoms with Crippen molar-refractivity contribution in [1.82, 2.24) is 5.48 Å². The van der Waals surface area contributed by atoms with E-state index in [1.54, 1.807) is 12.1 Å². The molecule has 0 radical (unpaired) electrons. The van der Waals surface area contributed by atoms with E-state index in [1.807, 2.05) is 26.0 Å². The summed E-state index contributed by atoms with van der Waals surface area (Å²) < 4.78 is 0. The van der Waals surface area contributed by atoms with E-state index in [9.17, 15) is 0 Å². The van der Waals surface area contributed by atoms with Crippen LogP contribution in [-0.2, 0) is 4.84 Å². The van der Waals surface area contributed by atoms with Gasteiger partial charge < -0.3 is 0 Å². The summed E-state index contributed by atoms with van der Waals surface area (Å²) in [4.78, 5) is 5.04. The molecule has 0 aliphatic heterocycles. The molecule has 0 unspecified atom stereocenters. The van der Waals surface area contributed by atoms with Gasteiger partial charge >= 0.3 is 0 Å². The lowest BCUT2D eigenvalue weighted by Crippen LogP contribution is -2.11. The molecule has 82 valence electrons. The van der Waals surface area contributed by atoms with Gasteiger partial charge in [-0.15, -0.1) is 0 Å². The number of allylic oxidation sites excluding steroid dienone is 1. The highest BCUT2D eigenvalue weighted by Gasteiger charge is 1.98. The minimum Gasteiger partial charge on any atom is -0.277 e. The topological polar surface area (TPSA) is 21.3 Å². The maximum Gasteiger partial charge on any atom is 0.0717 e. The number of hydrogen-bond donors (Lipinski definition) is 1.